The minimum absolute atomic E-state index is 0.133. The van der Waals surface area contributed by atoms with Gasteiger partial charge in [-0.2, -0.15) is 0 Å². The predicted octanol–water partition coefficient (Wildman–Crippen LogP) is -1.54. The van der Waals surface area contributed by atoms with Gasteiger partial charge in [0.15, 0.2) is 0 Å². The highest BCUT2D eigenvalue weighted by molar-refractivity contribution is 5.79. The van der Waals surface area contributed by atoms with Gasteiger partial charge in [-0.15, -0.1) is 0 Å². The monoisotopic (exact) mass is 188 g/mol. The van der Waals surface area contributed by atoms with Gasteiger partial charge in [-0.05, 0) is 6.92 Å². The van der Waals surface area contributed by atoms with E-state index in [9.17, 15) is 4.79 Å². The molecule has 0 radical (unpaired) electrons. The molecule has 0 saturated carbocycles. The molecule has 1 rings (SSSR count). The van der Waals surface area contributed by atoms with Gasteiger partial charge in [-0.25, -0.2) is 0 Å². The first-order valence-corrected chi connectivity index (χ1v) is 4.40. The normalized spacial score (nSPS) is 30.1. The van der Waals surface area contributed by atoms with Crippen LogP contribution in [0.2, 0.25) is 0 Å². The maximum atomic E-state index is 11.4. The van der Waals surface area contributed by atoms with Gasteiger partial charge in [-0.1, -0.05) is 0 Å². The number of hydrogen-bond donors (Lipinski definition) is 3. The second kappa shape index (κ2) is 4.55. The summed E-state index contributed by atoms with van der Waals surface area (Å²) in [6.07, 6.45) is -0.525. The molecule has 0 aliphatic carbocycles. The second-order valence-corrected chi connectivity index (χ2v) is 3.40. The van der Waals surface area contributed by atoms with Crippen molar-refractivity contribution in [2.75, 3.05) is 19.8 Å². The van der Waals surface area contributed by atoms with E-state index in [1.54, 1.807) is 6.92 Å². The van der Waals surface area contributed by atoms with Crippen LogP contribution in [-0.4, -0.2) is 42.9 Å². The van der Waals surface area contributed by atoms with Crippen molar-refractivity contribution >= 4 is 5.91 Å². The van der Waals surface area contributed by atoms with Gasteiger partial charge in [-0.3, -0.25) is 4.79 Å². The van der Waals surface area contributed by atoms with Crippen LogP contribution in [0.3, 0.4) is 0 Å². The van der Waals surface area contributed by atoms with Crippen LogP contribution >= 0.6 is 0 Å². The first kappa shape index (κ1) is 10.4. The third-order valence-corrected chi connectivity index (χ3v) is 2.03. The SMILES string of the molecule is CC(O)CNC(=O)C1COCC1N. The molecule has 5 heteroatoms. The average Bonchev–Trinajstić information content (AvgIpc) is 2.47. The lowest BCUT2D eigenvalue weighted by Crippen LogP contribution is -2.42. The minimum Gasteiger partial charge on any atom is -0.392 e. The number of ether oxygens (including phenoxy) is 1. The van der Waals surface area contributed by atoms with Crippen molar-refractivity contribution in [1.82, 2.24) is 5.32 Å². The molecule has 4 N–H and O–H groups in total. The zero-order valence-electron chi connectivity index (χ0n) is 7.69. The van der Waals surface area contributed by atoms with E-state index < -0.39 is 6.10 Å². The van der Waals surface area contributed by atoms with E-state index in [2.05, 4.69) is 5.32 Å². The number of aliphatic hydroxyl groups excluding tert-OH is 1. The lowest BCUT2D eigenvalue weighted by Gasteiger charge is -2.13. The molecule has 1 aliphatic heterocycles. The number of carbonyl (C=O) groups is 1. The number of amides is 1. The molecule has 0 bridgehead atoms. The van der Waals surface area contributed by atoms with E-state index in [0.29, 0.717) is 13.2 Å². The van der Waals surface area contributed by atoms with E-state index in [1.807, 2.05) is 0 Å². The van der Waals surface area contributed by atoms with Gasteiger partial charge < -0.3 is 20.9 Å². The Bertz CT molecular complexity index is 184. The molecule has 1 amide bonds. The summed E-state index contributed by atoms with van der Waals surface area (Å²) in [6, 6.07) is -0.214. The third kappa shape index (κ3) is 2.95. The molecule has 0 aromatic heterocycles. The second-order valence-electron chi connectivity index (χ2n) is 3.40. The van der Waals surface area contributed by atoms with E-state index in [4.69, 9.17) is 15.6 Å². The number of rotatable bonds is 3. The molecule has 13 heavy (non-hydrogen) atoms. The quantitative estimate of drug-likeness (QED) is 0.501. The summed E-state index contributed by atoms with van der Waals surface area (Å²) in [5.74, 6) is -0.398. The molecule has 3 atom stereocenters. The van der Waals surface area contributed by atoms with Gasteiger partial charge in [0.25, 0.3) is 0 Å². The highest BCUT2D eigenvalue weighted by Gasteiger charge is 2.31. The first-order chi connectivity index (χ1) is 6.11. The van der Waals surface area contributed by atoms with Gasteiger partial charge in [0.1, 0.15) is 0 Å². The molecular weight excluding hydrogens is 172 g/mol. The molecule has 76 valence electrons. The molecule has 1 aliphatic rings. The molecule has 1 fully saturated rings. The Kier molecular flexibility index (Phi) is 3.65. The van der Waals surface area contributed by atoms with E-state index in [0.717, 1.165) is 0 Å². The molecule has 5 nitrogen and oxygen atoms in total. The summed E-state index contributed by atoms with van der Waals surface area (Å²) in [6.45, 7) is 2.70. The summed E-state index contributed by atoms with van der Waals surface area (Å²) < 4.78 is 5.05. The number of aliphatic hydroxyl groups is 1. The van der Waals surface area contributed by atoms with E-state index in [1.165, 1.54) is 0 Å². The summed E-state index contributed by atoms with van der Waals surface area (Å²) in [5.41, 5.74) is 5.64. The van der Waals surface area contributed by atoms with Crippen LogP contribution in [0.4, 0.5) is 0 Å². The predicted molar refractivity (Wildman–Crippen MR) is 47.0 cm³/mol. The average molecular weight is 188 g/mol. The highest BCUT2D eigenvalue weighted by atomic mass is 16.5. The van der Waals surface area contributed by atoms with E-state index >= 15 is 0 Å². The van der Waals surface area contributed by atoms with Crippen molar-refractivity contribution in [3.05, 3.63) is 0 Å². The van der Waals surface area contributed by atoms with Crippen LogP contribution in [-0.2, 0) is 9.53 Å². The molecule has 0 aromatic carbocycles. The van der Waals surface area contributed by atoms with Gasteiger partial charge in [0, 0.05) is 12.6 Å². The van der Waals surface area contributed by atoms with Crippen LogP contribution < -0.4 is 11.1 Å². The number of hydrogen-bond acceptors (Lipinski definition) is 4. The molecule has 0 spiro atoms. The van der Waals surface area contributed by atoms with E-state index in [-0.39, 0.29) is 24.4 Å². The maximum absolute atomic E-state index is 11.4. The Balaban J connectivity index is 2.30. The lowest BCUT2D eigenvalue weighted by atomic mass is 10.0. The van der Waals surface area contributed by atoms with Gasteiger partial charge in [0.2, 0.25) is 5.91 Å². The van der Waals surface area contributed by atoms with Crippen molar-refractivity contribution in [2.45, 2.75) is 19.1 Å². The lowest BCUT2D eigenvalue weighted by molar-refractivity contribution is -0.125. The fourth-order valence-corrected chi connectivity index (χ4v) is 1.22. The smallest absolute Gasteiger partial charge is 0.227 e. The number of nitrogens with one attached hydrogen (secondary N) is 1. The largest absolute Gasteiger partial charge is 0.392 e. The third-order valence-electron chi connectivity index (χ3n) is 2.03. The zero-order chi connectivity index (χ0) is 9.84. The Morgan fingerprint density at radius 2 is 2.46 bits per heavy atom. The topological polar surface area (TPSA) is 84.6 Å². The Morgan fingerprint density at radius 3 is 2.92 bits per heavy atom. The first-order valence-electron chi connectivity index (χ1n) is 4.40. The fraction of sp³-hybridized carbons (Fsp3) is 0.875. The minimum atomic E-state index is -0.525. The van der Waals surface area contributed by atoms with Crippen molar-refractivity contribution in [3.63, 3.8) is 0 Å². The highest BCUT2D eigenvalue weighted by Crippen LogP contribution is 2.11. The number of nitrogens with two attached hydrogens (primary N) is 1. The summed E-state index contributed by atoms with van der Waals surface area (Å²) in [4.78, 5) is 11.4. The fourth-order valence-electron chi connectivity index (χ4n) is 1.22. The Morgan fingerprint density at radius 1 is 1.77 bits per heavy atom. The van der Waals surface area contributed by atoms with Crippen molar-refractivity contribution < 1.29 is 14.6 Å². The van der Waals surface area contributed by atoms with Crippen LogP contribution in [0.15, 0.2) is 0 Å². The Hall–Kier alpha value is -0.650. The summed E-state index contributed by atoms with van der Waals surface area (Å²) in [7, 11) is 0. The van der Waals surface area contributed by atoms with Crippen LogP contribution in [0.25, 0.3) is 0 Å². The van der Waals surface area contributed by atoms with Gasteiger partial charge >= 0.3 is 0 Å². The van der Waals surface area contributed by atoms with Crippen molar-refractivity contribution in [2.24, 2.45) is 11.7 Å². The van der Waals surface area contributed by atoms with Crippen LogP contribution in [0.1, 0.15) is 6.92 Å². The zero-order valence-corrected chi connectivity index (χ0v) is 7.69. The van der Waals surface area contributed by atoms with Crippen molar-refractivity contribution in [1.29, 1.82) is 0 Å². The summed E-state index contributed by atoms with van der Waals surface area (Å²) in [5, 5.41) is 11.5. The molecule has 1 heterocycles. The van der Waals surface area contributed by atoms with Crippen LogP contribution in [0, 0.1) is 5.92 Å². The standard InChI is InChI=1S/C8H16N2O3/c1-5(11)2-10-8(12)6-3-13-4-7(6)9/h5-7,11H,2-4,9H2,1H3,(H,10,12). The maximum Gasteiger partial charge on any atom is 0.227 e. The summed E-state index contributed by atoms with van der Waals surface area (Å²) >= 11 is 0. The molecule has 3 unspecified atom stereocenters. The van der Waals surface area contributed by atoms with Crippen LogP contribution in [0.5, 0.6) is 0 Å². The molecular formula is C8H16N2O3. The van der Waals surface area contributed by atoms with Gasteiger partial charge in [0.05, 0.1) is 25.2 Å². The molecule has 0 aromatic rings. The Labute approximate surface area is 77.2 Å². The number of carbonyl (C=O) groups excluding carboxylic acids is 1. The molecule has 1 saturated heterocycles. The van der Waals surface area contributed by atoms with Crippen molar-refractivity contribution in [3.8, 4) is 0 Å².